The lowest BCUT2D eigenvalue weighted by atomic mass is 9.96. The number of allylic oxidation sites excluding steroid dienone is 1. The molecule has 2 aromatic carbocycles. The maximum atomic E-state index is 13.6. The molecule has 0 fully saturated rings. The van der Waals surface area contributed by atoms with Crippen molar-refractivity contribution in [3.8, 4) is 0 Å². The third-order valence-corrected chi connectivity index (χ3v) is 7.70. The highest BCUT2D eigenvalue weighted by Gasteiger charge is 2.33. The van der Waals surface area contributed by atoms with Gasteiger partial charge in [0.25, 0.3) is 5.56 Å². The number of hydrogen-bond donors (Lipinski definition) is 0. The van der Waals surface area contributed by atoms with Crippen molar-refractivity contribution in [3.63, 3.8) is 0 Å². The summed E-state index contributed by atoms with van der Waals surface area (Å²) in [5, 5.41) is 1.36. The summed E-state index contributed by atoms with van der Waals surface area (Å²) >= 11 is 8.69. The van der Waals surface area contributed by atoms with Gasteiger partial charge in [-0.1, -0.05) is 65.0 Å². The highest BCUT2D eigenvalue weighted by molar-refractivity contribution is 7.99. The number of thiazole rings is 1. The van der Waals surface area contributed by atoms with Crippen LogP contribution in [0.5, 0.6) is 0 Å². The van der Waals surface area contributed by atoms with Gasteiger partial charge in [-0.25, -0.2) is 9.79 Å². The van der Waals surface area contributed by atoms with E-state index in [-0.39, 0.29) is 12.2 Å². The average Bonchev–Trinajstić information content (AvgIpc) is 3.44. The quantitative estimate of drug-likeness (QED) is 0.317. The number of carbonyl (C=O) groups excluding carboxylic acids is 1. The zero-order valence-electron chi connectivity index (χ0n) is 19.4. The molecule has 1 atom stereocenters. The van der Waals surface area contributed by atoms with Gasteiger partial charge < -0.3 is 9.15 Å². The van der Waals surface area contributed by atoms with Gasteiger partial charge in [-0.2, -0.15) is 0 Å². The molecule has 0 saturated heterocycles. The van der Waals surface area contributed by atoms with Crippen molar-refractivity contribution >= 4 is 46.7 Å². The molecule has 0 amide bonds. The third-order valence-electron chi connectivity index (χ3n) is 5.54. The first-order chi connectivity index (χ1) is 17.4. The van der Waals surface area contributed by atoms with Gasteiger partial charge in [0.1, 0.15) is 5.76 Å². The number of furan rings is 1. The molecule has 0 saturated carbocycles. The highest BCUT2D eigenvalue weighted by atomic mass is 35.5. The minimum Gasteiger partial charge on any atom is -0.463 e. The maximum Gasteiger partial charge on any atom is 0.338 e. The Morgan fingerprint density at radius 3 is 2.64 bits per heavy atom. The Hall–Kier alpha value is -3.33. The number of fused-ring (bicyclic) bond motifs is 1. The Kier molecular flexibility index (Phi) is 7.00. The Morgan fingerprint density at radius 2 is 1.92 bits per heavy atom. The molecule has 0 unspecified atom stereocenters. The van der Waals surface area contributed by atoms with E-state index in [0.29, 0.717) is 36.5 Å². The van der Waals surface area contributed by atoms with E-state index in [1.54, 1.807) is 24.5 Å². The summed E-state index contributed by atoms with van der Waals surface area (Å²) in [5.74, 6) is 0.0751. The van der Waals surface area contributed by atoms with Crippen molar-refractivity contribution in [1.29, 1.82) is 0 Å². The van der Waals surface area contributed by atoms with Crippen molar-refractivity contribution in [2.45, 2.75) is 29.9 Å². The molecule has 182 valence electrons. The fourth-order valence-electron chi connectivity index (χ4n) is 3.96. The van der Waals surface area contributed by atoms with Crippen LogP contribution < -0.4 is 14.9 Å². The summed E-state index contributed by atoms with van der Waals surface area (Å²) < 4.78 is 13.3. The number of carbonyl (C=O) groups is 1. The molecule has 5 rings (SSSR count). The topological polar surface area (TPSA) is 73.8 Å². The normalized spacial score (nSPS) is 15.5. The largest absolute Gasteiger partial charge is 0.463 e. The first-order valence-electron chi connectivity index (χ1n) is 11.2. The third kappa shape index (κ3) is 4.84. The van der Waals surface area contributed by atoms with E-state index in [2.05, 4.69) is 4.99 Å². The van der Waals surface area contributed by atoms with Crippen LogP contribution in [0.15, 0.2) is 102 Å². The zero-order chi connectivity index (χ0) is 25.2. The van der Waals surface area contributed by atoms with Gasteiger partial charge in [0.2, 0.25) is 0 Å². The highest BCUT2D eigenvalue weighted by Crippen LogP contribution is 2.31. The van der Waals surface area contributed by atoms with Crippen LogP contribution in [0, 0.1) is 0 Å². The number of rotatable bonds is 6. The number of ether oxygens (including phenoxy) is 1. The molecule has 0 aliphatic carbocycles. The summed E-state index contributed by atoms with van der Waals surface area (Å²) in [5.41, 5.74) is 1.46. The summed E-state index contributed by atoms with van der Waals surface area (Å²) in [6.07, 6.45) is 1.71. The number of halogens is 1. The zero-order valence-corrected chi connectivity index (χ0v) is 21.8. The van der Waals surface area contributed by atoms with Gasteiger partial charge in [0.05, 0.1) is 28.5 Å². The monoisotopic (exact) mass is 536 g/mol. The molecule has 1 aliphatic heterocycles. The summed E-state index contributed by atoms with van der Waals surface area (Å²) in [6.45, 7) is 3.76. The molecule has 4 aromatic rings. The van der Waals surface area contributed by atoms with Crippen LogP contribution >= 0.6 is 34.7 Å². The Labute approximate surface area is 220 Å². The van der Waals surface area contributed by atoms with Gasteiger partial charge in [0, 0.05) is 16.0 Å². The Bertz CT molecular complexity index is 1630. The van der Waals surface area contributed by atoms with Gasteiger partial charge in [-0.05, 0) is 55.8 Å². The van der Waals surface area contributed by atoms with Crippen LogP contribution in [0.3, 0.4) is 0 Å². The van der Waals surface area contributed by atoms with Crippen molar-refractivity contribution in [2.24, 2.45) is 4.99 Å². The number of esters is 1. The first kappa shape index (κ1) is 24.4. The molecule has 9 heteroatoms. The molecule has 0 N–H and O–H groups in total. The Morgan fingerprint density at radius 1 is 1.17 bits per heavy atom. The average molecular weight is 537 g/mol. The summed E-state index contributed by atoms with van der Waals surface area (Å²) in [6, 6.07) is 20.0. The van der Waals surface area contributed by atoms with E-state index in [0.717, 1.165) is 10.5 Å². The lowest BCUT2D eigenvalue weighted by Gasteiger charge is -2.24. The van der Waals surface area contributed by atoms with Gasteiger partial charge >= 0.3 is 5.97 Å². The smallest absolute Gasteiger partial charge is 0.338 e. The fourth-order valence-corrected chi connectivity index (χ4v) is 5.89. The van der Waals surface area contributed by atoms with Crippen molar-refractivity contribution in [3.05, 3.63) is 114 Å². The van der Waals surface area contributed by atoms with Crippen LogP contribution in [0.2, 0.25) is 5.02 Å². The predicted octanol–water partition coefficient (Wildman–Crippen LogP) is 5.20. The molecule has 0 radical (unpaired) electrons. The first-order valence-corrected chi connectivity index (χ1v) is 13.2. The molecule has 6 nitrogen and oxygen atoms in total. The second-order valence-corrected chi connectivity index (χ2v) is 10.4. The van der Waals surface area contributed by atoms with Crippen LogP contribution in [-0.2, 0) is 9.53 Å². The number of benzene rings is 2. The molecule has 1 aliphatic rings. The molecule has 0 bridgehead atoms. The minimum absolute atomic E-state index is 0.233. The van der Waals surface area contributed by atoms with Crippen molar-refractivity contribution < 1.29 is 13.9 Å². The van der Waals surface area contributed by atoms with Crippen molar-refractivity contribution in [1.82, 2.24) is 4.57 Å². The van der Waals surface area contributed by atoms with Gasteiger partial charge in [-0.15, -0.1) is 0 Å². The standard InChI is InChI=1S/C27H21ClN2O4S2/c1-3-33-26(32)23-16(2)29-27-30(24(23)17-7-5-4-6-8-17)25(31)21(36-27)15-19-11-14-22(34-19)35-20-12-9-18(28)10-13-20/h4-15,24H,3H2,1-2H3/t24-/m0/s1. The van der Waals surface area contributed by atoms with Crippen LogP contribution in [0.1, 0.15) is 31.2 Å². The SMILES string of the molecule is CCOC(=O)C1=C(C)N=c2sc(=Cc3ccc(Sc4ccc(Cl)cc4)o3)c(=O)n2[C@H]1c1ccccc1. The number of hydrogen-bond acceptors (Lipinski definition) is 7. The molecule has 3 heterocycles. The van der Waals surface area contributed by atoms with Gasteiger partial charge in [0.15, 0.2) is 9.89 Å². The van der Waals surface area contributed by atoms with Crippen LogP contribution in [-0.4, -0.2) is 17.1 Å². The number of nitrogens with zero attached hydrogens (tertiary/aromatic N) is 2. The van der Waals surface area contributed by atoms with Crippen LogP contribution in [0.25, 0.3) is 6.08 Å². The van der Waals surface area contributed by atoms with Crippen molar-refractivity contribution in [2.75, 3.05) is 6.61 Å². The second kappa shape index (κ2) is 10.3. The maximum absolute atomic E-state index is 13.6. The van der Waals surface area contributed by atoms with E-state index < -0.39 is 12.0 Å². The summed E-state index contributed by atoms with van der Waals surface area (Å²) in [4.78, 5) is 32.6. The molecular weight excluding hydrogens is 516 g/mol. The van der Waals surface area contributed by atoms with E-state index in [9.17, 15) is 9.59 Å². The minimum atomic E-state index is -0.628. The Balaban J connectivity index is 1.56. The van der Waals surface area contributed by atoms with E-state index in [1.807, 2.05) is 66.7 Å². The fraction of sp³-hybridized carbons (Fsp3) is 0.148. The predicted molar refractivity (Wildman–Crippen MR) is 141 cm³/mol. The van der Waals surface area contributed by atoms with E-state index >= 15 is 0 Å². The molecule has 2 aromatic heterocycles. The summed E-state index contributed by atoms with van der Waals surface area (Å²) in [7, 11) is 0. The second-order valence-electron chi connectivity index (χ2n) is 7.93. The lowest BCUT2D eigenvalue weighted by Crippen LogP contribution is -2.39. The van der Waals surface area contributed by atoms with E-state index in [1.165, 1.54) is 23.1 Å². The molecular formula is C27H21ClN2O4S2. The molecule has 36 heavy (non-hydrogen) atoms. The molecule has 0 spiro atoms. The van der Waals surface area contributed by atoms with Crippen LogP contribution in [0.4, 0.5) is 0 Å². The van der Waals surface area contributed by atoms with Gasteiger partial charge in [-0.3, -0.25) is 9.36 Å². The number of aromatic nitrogens is 1. The van der Waals surface area contributed by atoms with E-state index in [4.69, 9.17) is 20.8 Å². The lowest BCUT2D eigenvalue weighted by molar-refractivity contribution is -0.139.